The lowest BCUT2D eigenvalue weighted by atomic mass is 10.2. The van der Waals surface area contributed by atoms with Gasteiger partial charge in [-0.3, -0.25) is 10.1 Å². The second-order valence-corrected chi connectivity index (χ2v) is 5.69. The Balaban J connectivity index is 2.76. The molecule has 0 radical (unpaired) electrons. The standard InChI is InChI=1S/C15H22ClN3O3/c1-8(2)17-15(21)19-14(20)10(4)18-12-6-9(3)11(16)7-13(12)22-5/h6-8,10,18H,1-5H3,(H2,17,19,20,21). The van der Waals surface area contributed by atoms with Crippen molar-refractivity contribution in [1.82, 2.24) is 10.6 Å². The molecule has 0 aliphatic rings. The number of nitrogens with one attached hydrogen (secondary N) is 3. The Kier molecular flexibility index (Phi) is 6.49. The smallest absolute Gasteiger partial charge is 0.321 e. The lowest BCUT2D eigenvalue weighted by Gasteiger charge is -2.18. The minimum atomic E-state index is -0.618. The highest BCUT2D eigenvalue weighted by molar-refractivity contribution is 6.31. The monoisotopic (exact) mass is 327 g/mol. The molecule has 22 heavy (non-hydrogen) atoms. The number of urea groups is 1. The lowest BCUT2D eigenvalue weighted by molar-refractivity contribution is -0.120. The van der Waals surface area contributed by atoms with Crippen molar-refractivity contribution in [2.24, 2.45) is 0 Å². The highest BCUT2D eigenvalue weighted by Gasteiger charge is 2.18. The van der Waals surface area contributed by atoms with Crippen LogP contribution in [0.25, 0.3) is 0 Å². The molecular formula is C15H22ClN3O3. The number of anilines is 1. The Morgan fingerprint density at radius 3 is 2.41 bits per heavy atom. The van der Waals surface area contributed by atoms with Gasteiger partial charge in [-0.2, -0.15) is 0 Å². The highest BCUT2D eigenvalue weighted by atomic mass is 35.5. The third-order valence-corrected chi connectivity index (χ3v) is 3.31. The normalized spacial score (nSPS) is 11.8. The fourth-order valence-electron chi connectivity index (χ4n) is 1.76. The average Bonchev–Trinajstić information content (AvgIpc) is 2.41. The summed E-state index contributed by atoms with van der Waals surface area (Å²) in [4.78, 5) is 23.5. The summed E-state index contributed by atoms with van der Waals surface area (Å²) >= 11 is 6.04. The molecule has 0 bridgehead atoms. The topological polar surface area (TPSA) is 79.5 Å². The van der Waals surface area contributed by atoms with Gasteiger partial charge in [0.15, 0.2) is 0 Å². The number of carbonyl (C=O) groups is 2. The Labute approximate surface area is 135 Å². The number of aryl methyl sites for hydroxylation is 1. The van der Waals surface area contributed by atoms with Crippen molar-refractivity contribution in [3.63, 3.8) is 0 Å². The molecule has 0 heterocycles. The highest BCUT2D eigenvalue weighted by Crippen LogP contribution is 2.31. The van der Waals surface area contributed by atoms with Crippen LogP contribution in [0.3, 0.4) is 0 Å². The second kappa shape index (κ2) is 7.89. The first-order chi connectivity index (χ1) is 10.2. The van der Waals surface area contributed by atoms with Gasteiger partial charge in [-0.15, -0.1) is 0 Å². The van der Waals surface area contributed by atoms with Crippen molar-refractivity contribution in [2.45, 2.75) is 39.8 Å². The summed E-state index contributed by atoms with van der Waals surface area (Å²) in [6.45, 7) is 7.13. The molecule has 1 unspecified atom stereocenters. The molecule has 1 rings (SSSR count). The van der Waals surface area contributed by atoms with E-state index in [1.54, 1.807) is 19.1 Å². The van der Waals surface area contributed by atoms with Gasteiger partial charge in [0.05, 0.1) is 12.8 Å². The molecule has 0 aliphatic heterocycles. The maximum Gasteiger partial charge on any atom is 0.321 e. The molecule has 0 aliphatic carbocycles. The van der Waals surface area contributed by atoms with Crippen LogP contribution in [0.2, 0.25) is 5.02 Å². The summed E-state index contributed by atoms with van der Waals surface area (Å²) < 4.78 is 5.24. The molecule has 3 amide bonds. The zero-order valence-corrected chi connectivity index (χ0v) is 14.2. The lowest BCUT2D eigenvalue weighted by Crippen LogP contribution is -2.47. The van der Waals surface area contributed by atoms with Gasteiger partial charge in [0.1, 0.15) is 11.8 Å². The van der Waals surface area contributed by atoms with Gasteiger partial charge in [-0.25, -0.2) is 4.79 Å². The van der Waals surface area contributed by atoms with Gasteiger partial charge in [-0.05, 0) is 39.3 Å². The van der Waals surface area contributed by atoms with Gasteiger partial charge in [0.25, 0.3) is 0 Å². The predicted molar refractivity (Wildman–Crippen MR) is 87.6 cm³/mol. The first-order valence-corrected chi connectivity index (χ1v) is 7.34. The Morgan fingerprint density at radius 1 is 1.23 bits per heavy atom. The molecule has 122 valence electrons. The number of hydrogen-bond acceptors (Lipinski definition) is 4. The molecule has 6 nitrogen and oxygen atoms in total. The maximum atomic E-state index is 12.0. The molecule has 0 saturated carbocycles. The van der Waals surface area contributed by atoms with Crippen LogP contribution < -0.4 is 20.7 Å². The summed E-state index contributed by atoms with van der Waals surface area (Å²) in [6.07, 6.45) is 0. The van der Waals surface area contributed by atoms with Crippen LogP contribution in [0.5, 0.6) is 5.75 Å². The number of hydrogen-bond donors (Lipinski definition) is 3. The largest absolute Gasteiger partial charge is 0.495 e. The summed E-state index contributed by atoms with van der Waals surface area (Å²) in [5, 5.41) is 8.46. The number of halogens is 1. The number of benzene rings is 1. The van der Waals surface area contributed by atoms with Crippen molar-refractivity contribution in [3.8, 4) is 5.75 Å². The van der Waals surface area contributed by atoms with Crippen molar-refractivity contribution in [2.75, 3.05) is 12.4 Å². The molecule has 7 heteroatoms. The minimum Gasteiger partial charge on any atom is -0.495 e. The summed E-state index contributed by atoms with van der Waals surface area (Å²) in [5.74, 6) is 0.0923. The van der Waals surface area contributed by atoms with E-state index in [0.717, 1.165) is 5.56 Å². The van der Waals surface area contributed by atoms with Gasteiger partial charge in [-0.1, -0.05) is 11.6 Å². The van der Waals surface area contributed by atoms with Crippen LogP contribution in [0.15, 0.2) is 12.1 Å². The van der Waals surface area contributed by atoms with Crippen LogP contribution in [0.1, 0.15) is 26.3 Å². The first-order valence-electron chi connectivity index (χ1n) is 6.96. The Morgan fingerprint density at radius 2 is 1.86 bits per heavy atom. The quantitative estimate of drug-likeness (QED) is 0.777. The van der Waals surface area contributed by atoms with Crippen molar-refractivity contribution >= 4 is 29.2 Å². The SMILES string of the molecule is COc1cc(Cl)c(C)cc1NC(C)C(=O)NC(=O)NC(C)C. The fourth-order valence-corrected chi connectivity index (χ4v) is 1.92. The van der Waals surface area contributed by atoms with E-state index in [2.05, 4.69) is 16.0 Å². The van der Waals surface area contributed by atoms with E-state index in [1.807, 2.05) is 20.8 Å². The van der Waals surface area contributed by atoms with Gasteiger partial charge in [0, 0.05) is 17.1 Å². The maximum absolute atomic E-state index is 12.0. The molecular weight excluding hydrogens is 306 g/mol. The zero-order chi connectivity index (χ0) is 16.9. The molecule has 0 spiro atoms. The van der Waals surface area contributed by atoms with E-state index >= 15 is 0 Å². The third-order valence-electron chi connectivity index (χ3n) is 2.90. The average molecular weight is 328 g/mol. The van der Waals surface area contributed by atoms with Crippen molar-refractivity contribution in [1.29, 1.82) is 0 Å². The minimum absolute atomic E-state index is 0.0462. The number of imide groups is 1. The van der Waals surface area contributed by atoms with Crippen molar-refractivity contribution in [3.05, 3.63) is 22.7 Å². The van der Waals surface area contributed by atoms with Crippen LogP contribution in [0, 0.1) is 6.92 Å². The molecule has 1 aromatic rings. The summed E-state index contributed by atoms with van der Waals surface area (Å²) in [5.41, 5.74) is 1.49. The fraction of sp³-hybridized carbons (Fsp3) is 0.467. The van der Waals surface area contributed by atoms with Crippen LogP contribution in [0.4, 0.5) is 10.5 Å². The second-order valence-electron chi connectivity index (χ2n) is 5.29. The molecule has 0 saturated heterocycles. The van der Waals surface area contributed by atoms with Gasteiger partial charge >= 0.3 is 6.03 Å². The summed E-state index contributed by atoms with van der Waals surface area (Å²) in [6, 6.07) is 2.28. The summed E-state index contributed by atoms with van der Waals surface area (Å²) in [7, 11) is 1.52. The van der Waals surface area contributed by atoms with E-state index in [9.17, 15) is 9.59 Å². The van der Waals surface area contributed by atoms with Gasteiger partial charge < -0.3 is 15.4 Å². The van der Waals surface area contributed by atoms with E-state index in [0.29, 0.717) is 16.5 Å². The van der Waals surface area contributed by atoms with E-state index in [-0.39, 0.29) is 6.04 Å². The molecule has 1 aromatic carbocycles. The van der Waals surface area contributed by atoms with E-state index in [4.69, 9.17) is 16.3 Å². The number of methoxy groups -OCH3 is 1. The van der Waals surface area contributed by atoms with Gasteiger partial charge in [0.2, 0.25) is 5.91 Å². The molecule has 3 N–H and O–H groups in total. The predicted octanol–water partition coefficient (Wildman–Crippen LogP) is 2.69. The number of amides is 3. The number of ether oxygens (including phenoxy) is 1. The van der Waals surface area contributed by atoms with Crippen LogP contribution in [-0.4, -0.2) is 31.1 Å². The van der Waals surface area contributed by atoms with Crippen LogP contribution in [-0.2, 0) is 4.79 Å². The Hall–Kier alpha value is -1.95. The third kappa shape index (κ3) is 5.11. The molecule has 0 aromatic heterocycles. The number of rotatable bonds is 5. The van der Waals surface area contributed by atoms with Crippen LogP contribution >= 0.6 is 11.6 Å². The van der Waals surface area contributed by atoms with E-state index in [1.165, 1.54) is 7.11 Å². The number of carbonyl (C=O) groups excluding carboxylic acids is 2. The van der Waals surface area contributed by atoms with Crippen molar-refractivity contribution < 1.29 is 14.3 Å². The zero-order valence-electron chi connectivity index (χ0n) is 13.4. The molecule has 0 fully saturated rings. The van der Waals surface area contributed by atoms with E-state index < -0.39 is 18.0 Å². The Bertz CT molecular complexity index is 561. The molecule has 1 atom stereocenters. The first kappa shape index (κ1) is 18.1.